The molecule has 0 aromatic heterocycles. The van der Waals surface area contributed by atoms with Crippen LogP contribution >= 0.6 is 0 Å². The van der Waals surface area contributed by atoms with Crippen molar-refractivity contribution < 1.29 is 23.2 Å². The van der Waals surface area contributed by atoms with Gasteiger partial charge in [0, 0.05) is 6.54 Å². The first-order chi connectivity index (χ1) is 7.36. The van der Waals surface area contributed by atoms with Crippen LogP contribution in [-0.4, -0.2) is 36.8 Å². The summed E-state index contributed by atoms with van der Waals surface area (Å²) in [4.78, 5) is 0. The Hall–Kier alpha value is -1.31. The van der Waals surface area contributed by atoms with E-state index in [0.717, 1.165) is 6.07 Å². The minimum absolute atomic E-state index is 0.00302. The van der Waals surface area contributed by atoms with Gasteiger partial charge < -0.3 is 15.5 Å². The van der Waals surface area contributed by atoms with Gasteiger partial charge in [-0.1, -0.05) is 6.07 Å². The quantitative estimate of drug-likeness (QED) is 0.448. The molecule has 0 spiro atoms. The van der Waals surface area contributed by atoms with Gasteiger partial charge in [0.2, 0.25) is 0 Å². The third kappa shape index (κ3) is 2.84. The lowest BCUT2D eigenvalue weighted by Gasteiger charge is -2.14. The number of hydrogen-bond acceptors (Lipinski definition) is 5. The van der Waals surface area contributed by atoms with Crippen molar-refractivity contribution >= 4 is 10.1 Å². The van der Waals surface area contributed by atoms with Gasteiger partial charge in [-0.05, 0) is 24.7 Å². The molecule has 0 heterocycles. The van der Waals surface area contributed by atoms with E-state index in [0.29, 0.717) is 0 Å². The van der Waals surface area contributed by atoms with Crippen LogP contribution in [0.1, 0.15) is 10.8 Å². The predicted octanol–water partition coefficient (Wildman–Crippen LogP) is 0.246. The molecule has 90 valence electrons. The molecule has 0 unspecified atom stereocenters. The maximum atomic E-state index is 11.1. The number of aromatic hydroxyl groups is 2. The molecule has 0 aliphatic rings. The van der Waals surface area contributed by atoms with Crippen molar-refractivity contribution in [3.05, 3.63) is 23.8 Å². The standard InChI is InChI=1S/C9H13NO5S/c1-10-5-9(16(13,14)15)6-2-3-7(11)8(12)4-6/h2-4,9-12H,5H2,1H3,(H,13,14,15)/t9-/m1/s1. The molecule has 0 aliphatic carbocycles. The third-order valence-electron chi connectivity index (χ3n) is 2.12. The molecule has 16 heavy (non-hydrogen) atoms. The highest BCUT2D eigenvalue weighted by Crippen LogP contribution is 2.30. The maximum Gasteiger partial charge on any atom is 0.273 e. The lowest BCUT2D eigenvalue weighted by atomic mass is 10.1. The van der Waals surface area contributed by atoms with Crippen LogP contribution in [-0.2, 0) is 10.1 Å². The van der Waals surface area contributed by atoms with E-state index in [-0.39, 0.29) is 17.9 Å². The number of hydrogen-bond donors (Lipinski definition) is 4. The lowest BCUT2D eigenvalue weighted by molar-refractivity contribution is 0.402. The van der Waals surface area contributed by atoms with E-state index in [1.807, 2.05) is 0 Å². The Bertz CT molecular complexity index is 471. The summed E-state index contributed by atoms with van der Waals surface area (Å²) < 4.78 is 31.2. The van der Waals surface area contributed by atoms with Crippen LogP contribution < -0.4 is 5.32 Å². The fourth-order valence-electron chi connectivity index (χ4n) is 1.32. The Kier molecular flexibility index (Phi) is 3.74. The highest BCUT2D eigenvalue weighted by molar-refractivity contribution is 7.86. The molecule has 7 heteroatoms. The Balaban J connectivity index is 3.17. The Labute approximate surface area is 93.3 Å². The number of likely N-dealkylation sites (N-methyl/N-ethyl adjacent to an activating group) is 1. The van der Waals surface area contributed by atoms with Crippen molar-refractivity contribution in [1.82, 2.24) is 5.32 Å². The van der Waals surface area contributed by atoms with Crippen LogP contribution in [0.25, 0.3) is 0 Å². The molecular formula is C9H13NO5S. The molecule has 6 nitrogen and oxygen atoms in total. The molecule has 4 N–H and O–H groups in total. The van der Waals surface area contributed by atoms with Crippen LogP contribution in [0, 0.1) is 0 Å². The lowest BCUT2D eigenvalue weighted by Crippen LogP contribution is -2.24. The Morgan fingerprint density at radius 1 is 1.31 bits per heavy atom. The maximum absolute atomic E-state index is 11.1. The molecule has 1 atom stereocenters. The minimum atomic E-state index is -4.26. The topological polar surface area (TPSA) is 107 Å². The fraction of sp³-hybridized carbons (Fsp3) is 0.333. The van der Waals surface area contributed by atoms with E-state index in [2.05, 4.69) is 5.32 Å². The fourth-order valence-corrected chi connectivity index (χ4v) is 2.19. The van der Waals surface area contributed by atoms with Gasteiger partial charge in [-0.3, -0.25) is 4.55 Å². The summed E-state index contributed by atoms with van der Waals surface area (Å²) in [5.41, 5.74) is 0.201. The highest BCUT2D eigenvalue weighted by Gasteiger charge is 2.25. The van der Waals surface area contributed by atoms with Gasteiger partial charge in [-0.25, -0.2) is 0 Å². The smallest absolute Gasteiger partial charge is 0.273 e. The van der Waals surface area contributed by atoms with Crippen LogP contribution in [0.3, 0.4) is 0 Å². The number of nitrogens with one attached hydrogen (secondary N) is 1. The predicted molar refractivity (Wildman–Crippen MR) is 58.0 cm³/mol. The van der Waals surface area contributed by atoms with Crippen LogP contribution in [0.15, 0.2) is 18.2 Å². The van der Waals surface area contributed by atoms with Crippen LogP contribution in [0.5, 0.6) is 11.5 Å². The van der Waals surface area contributed by atoms with Gasteiger partial charge in [0.1, 0.15) is 5.25 Å². The van der Waals surface area contributed by atoms with E-state index in [9.17, 15) is 13.5 Å². The normalized spacial score (nSPS) is 13.6. The number of phenolic OH excluding ortho intramolecular Hbond substituents is 2. The molecule has 0 amide bonds. The summed E-state index contributed by atoms with van der Waals surface area (Å²) in [6.07, 6.45) is 0. The van der Waals surface area contributed by atoms with Crippen molar-refractivity contribution in [3.8, 4) is 11.5 Å². The van der Waals surface area contributed by atoms with Crippen molar-refractivity contribution in [2.75, 3.05) is 13.6 Å². The molecule has 1 aromatic carbocycles. The zero-order valence-corrected chi connectivity index (χ0v) is 9.40. The second-order valence-corrected chi connectivity index (χ2v) is 4.91. The summed E-state index contributed by atoms with van der Waals surface area (Å²) in [5, 5.41) is 19.8. The summed E-state index contributed by atoms with van der Waals surface area (Å²) in [7, 11) is -2.72. The van der Waals surface area contributed by atoms with Gasteiger partial charge >= 0.3 is 0 Å². The van der Waals surface area contributed by atoms with Crippen molar-refractivity contribution in [1.29, 1.82) is 0 Å². The van der Waals surface area contributed by atoms with Crippen LogP contribution in [0.4, 0.5) is 0 Å². The molecule has 0 aliphatic heterocycles. The van der Waals surface area contributed by atoms with Crippen molar-refractivity contribution in [3.63, 3.8) is 0 Å². The number of rotatable bonds is 4. The first kappa shape index (κ1) is 12.8. The second kappa shape index (κ2) is 4.69. The zero-order chi connectivity index (χ0) is 12.3. The van der Waals surface area contributed by atoms with E-state index in [4.69, 9.17) is 9.66 Å². The zero-order valence-electron chi connectivity index (χ0n) is 8.58. The van der Waals surface area contributed by atoms with Gasteiger partial charge in [-0.2, -0.15) is 8.42 Å². The minimum Gasteiger partial charge on any atom is -0.504 e. The molecule has 0 saturated carbocycles. The molecule has 0 bridgehead atoms. The van der Waals surface area contributed by atoms with E-state index in [1.165, 1.54) is 12.1 Å². The summed E-state index contributed by atoms with van der Waals surface area (Å²) in [6, 6.07) is 3.59. The first-order valence-corrected chi connectivity index (χ1v) is 5.99. The molecule has 0 radical (unpaired) electrons. The van der Waals surface area contributed by atoms with Gasteiger partial charge in [0.05, 0.1) is 0 Å². The first-order valence-electron chi connectivity index (χ1n) is 4.49. The molecule has 0 fully saturated rings. The summed E-state index contributed by atoms with van der Waals surface area (Å²) >= 11 is 0. The number of phenols is 2. The molecule has 1 aromatic rings. The van der Waals surface area contributed by atoms with Gasteiger partial charge in [0.15, 0.2) is 11.5 Å². The van der Waals surface area contributed by atoms with Gasteiger partial charge in [-0.15, -0.1) is 0 Å². The molecule has 1 rings (SSSR count). The molecular weight excluding hydrogens is 234 g/mol. The third-order valence-corrected chi connectivity index (χ3v) is 3.28. The average Bonchev–Trinajstić information content (AvgIpc) is 2.17. The van der Waals surface area contributed by atoms with Crippen molar-refractivity contribution in [2.45, 2.75) is 5.25 Å². The monoisotopic (exact) mass is 247 g/mol. The van der Waals surface area contributed by atoms with E-state index < -0.39 is 21.1 Å². The highest BCUT2D eigenvalue weighted by atomic mass is 32.2. The number of benzene rings is 1. The van der Waals surface area contributed by atoms with Crippen LogP contribution in [0.2, 0.25) is 0 Å². The SMILES string of the molecule is CNC[C@H](c1ccc(O)c(O)c1)S(=O)(=O)O. The van der Waals surface area contributed by atoms with Crippen molar-refractivity contribution in [2.24, 2.45) is 0 Å². The van der Waals surface area contributed by atoms with Gasteiger partial charge in [0.25, 0.3) is 10.1 Å². The molecule has 0 saturated heterocycles. The van der Waals surface area contributed by atoms with E-state index >= 15 is 0 Å². The summed E-state index contributed by atoms with van der Waals surface area (Å²) in [6.45, 7) is 0.00302. The Morgan fingerprint density at radius 3 is 2.38 bits per heavy atom. The Morgan fingerprint density at radius 2 is 1.94 bits per heavy atom. The summed E-state index contributed by atoms with van der Waals surface area (Å²) in [5.74, 6) is -0.774. The second-order valence-electron chi connectivity index (χ2n) is 3.31. The largest absolute Gasteiger partial charge is 0.504 e. The average molecular weight is 247 g/mol. The van der Waals surface area contributed by atoms with E-state index in [1.54, 1.807) is 7.05 Å².